The smallest absolute Gasteiger partial charge is 0.390 e. The fraction of sp³-hybridized carbons (Fsp3) is 0.750. The van der Waals surface area contributed by atoms with E-state index < -0.39 is 12.0 Å². The zero-order valence-corrected chi connectivity index (χ0v) is 7.13. The second-order valence-electron chi connectivity index (χ2n) is 2.48. The maximum atomic E-state index is 10.9. The standard InChI is InChI=1S/C8H13NO2/c1-5-6(2)7(9-3)8(10)11-4/h6-7H,5H2,1-2,4H3/t6-,7+/m0/s1. The first kappa shape index (κ1) is 9.96. The summed E-state index contributed by atoms with van der Waals surface area (Å²) in [6.45, 7) is 10.6. The first-order chi connectivity index (χ1) is 5.17. The van der Waals surface area contributed by atoms with Crippen LogP contribution >= 0.6 is 0 Å². The normalized spacial score (nSPS) is 14.7. The Morgan fingerprint density at radius 3 is 2.55 bits per heavy atom. The van der Waals surface area contributed by atoms with E-state index >= 15 is 0 Å². The zero-order chi connectivity index (χ0) is 8.85. The summed E-state index contributed by atoms with van der Waals surface area (Å²) in [5.41, 5.74) is 0. The van der Waals surface area contributed by atoms with Crippen molar-refractivity contribution in [3.63, 3.8) is 0 Å². The Balaban J connectivity index is 4.18. The van der Waals surface area contributed by atoms with Crippen LogP contribution in [0.15, 0.2) is 0 Å². The summed E-state index contributed by atoms with van der Waals surface area (Å²) in [4.78, 5) is 14.1. The molecule has 0 unspecified atom stereocenters. The lowest BCUT2D eigenvalue weighted by molar-refractivity contribution is -0.142. The van der Waals surface area contributed by atoms with Gasteiger partial charge in [-0.25, -0.2) is 11.4 Å². The highest BCUT2D eigenvalue weighted by atomic mass is 16.5. The number of rotatable bonds is 3. The molecule has 0 N–H and O–H groups in total. The molecule has 2 atom stereocenters. The van der Waals surface area contributed by atoms with Crippen molar-refractivity contribution in [2.24, 2.45) is 5.92 Å². The van der Waals surface area contributed by atoms with Gasteiger partial charge in [0, 0.05) is 5.92 Å². The average Bonchev–Trinajstić information content (AvgIpc) is 2.05. The van der Waals surface area contributed by atoms with Crippen LogP contribution in [0.4, 0.5) is 0 Å². The summed E-state index contributed by atoms with van der Waals surface area (Å²) < 4.78 is 4.47. The molecule has 0 saturated carbocycles. The van der Waals surface area contributed by atoms with Crippen molar-refractivity contribution < 1.29 is 9.53 Å². The molecule has 0 rings (SSSR count). The number of hydrogen-bond donors (Lipinski definition) is 0. The molecule has 0 aromatic carbocycles. The van der Waals surface area contributed by atoms with E-state index in [0.717, 1.165) is 6.42 Å². The van der Waals surface area contributed by atoms with Gasteiger partial charge < -0.3 is 9.58 Å². The third kappa shape index (κ3) is 2.58. The van der Waals surface area contributed by atoms with Gasteiger partial charge >= 0.3 is 12.0 Å². The maximum Gasteiger partial charge on any atom is 0.390 e. The molecule has 0 amide bonds. The Morgan fingerprint density at radius 2 is 2.27 bits per heavy atom. The molecular formula is C8H13NO2. The molecule has 0 aliphatic heterocycles. The van der Waals surface area contributed by atoms with Gasteiger partial charge in [-0.1, -0.05) is 13.8 Å². The van der Waals surface area contributed by atoms with E-state index in [0.29, 0.717) is 0 Å². The van der Waals surface area contributed by atoms with Gasteiger partial charge in [0.2, 0.25) is 0 Å². The number of nitrogens with zero attached hydrogens (tertiary/aromatic N) is 1. The van der Waals surface area contributed by atoms with Crippen molar-refractivity contribution in [1.82, 2.24) is 0 Å². The van der Waals surface area contributed by atoms with Gasteiger partial charge in [-0.15, -0.1) is 0 Å². The Kier molecular flexibility index (Phi) is 4.28. The summed E-state index contributed by atoms with van der Waals surface area (Å²) in [6, 6.07) is -0.620. The van der Waals surface area contributed by atoms with Crippen molar-refractivity contribution >= 4 is 5.97 Å². The van der Waals surface area contributed by atoms with Crippen molar-refractivity contribution in [1.29, 1.82) is 0 Å². The molecular weight excluding hydrogens is 142 g/mol. The van der Waals surface area contributed by atoms with Crippen LogP contribution < -0.4 is 0 Å². The fourth-order valence-corrected chi connectivity index (χ4v) is 0.756. The van der Waals surface area contributed by atoms with Gasteiger partial charge in [0.15, 0.2) is 0 Å². The van der Waals surface area contributed by atoms with E-state index in [-0.39, 0.29) is 5.92 Å². The molecule has 0 heterocycles. The Morgan fingerprint density at radius 1 is 1.73 bits per heavy atom. The van der Waals surface area contributed by atoms with Crippen LogP contribution in [0, 0.1) is 12.5 Å². The van der Waals surface area contributed by atoms with Crippen molar-refractivity contribution in [2.45, 2.75) is 26.3 Å². The summed E-state index contributed by atoms with van der Waals surface area (Å²) in [7, 11) is 1.31. The van der Waals surface area contributed by atoms with Crippen LogP contribution in [0.2, 0.25) is 0 Å². The summed E-state index contributed by atoms with van der Waals surface area (Å²) >= 11 is 0. The molecule has 11 heavy (non-hydrogen) atoms. The van der Waals surface area contributed by atoms with E-state index in [1.807, 2.05) is 13.8 Å². The second kappa shape index (κ2) is 4.73. The van der Waals surface area contributed by atoms with E-state index in [9.17, 15) is 4.79 Å². The fourth-order valence-electron chi connectivity index (χ4n) is 0.756. The van der Waals surface area contributed by atoms with Gasteiger partial charge in [-0.2, -0.15) is 0 Å². The monoisotopic (exact) mass is 155 g/mol. The molecule has 0 radical (unpaired) electrons. The largest absolute Gasteiger partial charge is 0.463 e. The molecule has 0 aromatic rings. The number of ether oxygens (including phenoxy) is 1. The van der Waals surface area contributed by atoms with E-state index in [1.165, 1.54) is 7.11 Å². The minimum atomic E-state index is -0.620. The van der Waals surface area contributed by atoms with Crippen LogP contribution in [-0.4, -0.2) is 19.1 Å². The summed E-state index contributed by atoms with van der Waals surface area (Å²) in [5, 5.41) is 0. The SMILES string of the molecule is [C-]#[N+][C@@H](C(=O)OC)[C@@H](C)CC. The molecule has 0 fully saturated rings. The molecule has 3 heteroatoms. The summed E-state index contributed by atoms with van der Waals surface area (Å²) in [6.07, 6.45) is 0.822. The van der Waals surface area contributed by atoms with E-state index in [2.05, 4.69) is 9.58 Å². The number of carbonyl (C=O) groups is 1. The highest BCUT2D eigenvalue weighted by Crippen LogP contribution is 2.12. The first-order valence-corrected chi connectivity index (χ1v) is 3.61. The predicted octanol–water partition coefficient (Wildman–Crippen LogP) is 1.49. The lowest BCUT2D eigenvalue weighted by atomic mass is 10.0. The summed E-state index contributed by atoms with van der Waals surface area (Å²) in [5.74, 6) is -0.339. The maximum absolute atomic E-state index is 10.9. The van der Waals surface area contributed by atoms with Gasteiger partial charge in [-0.3, -0.25) is 0 Å². The Hall–Kier alpha value is -1.04. The first-order valence-electron chi connectivity index (χ1n) is 3.61. The van der Waals surface area contributed by atoms with Gasteiger partial charge in [-0.05, 0) is 6.42 Å². The molecule has 62 valence electrons. The van der Waals surface area contributed by atoms with Crippen LogP contribution in [-0.2, 0) is 9.53 Å². The zero-order valence-electron chi connectivity index (χ0n) is 7.13. The van der Waals surface area contributed by atoms with Crippen LogP contribution in [0.1, 0.15) is 20.3 Å². The van der Waals surface area contributed by atoms with E-state index in [1.54, 1.807) is 0 Å². The lowest BCUT2D eigenvalue weighted by Gasteiger charge is -2.08. The minimum absolute atomic E-state index is 0.0833. The number of esters is 1. The molecule has 0 saturated heterocycles. The molecule has 0 aliphatic rings. The molecule has 0 spiro atoms. The van der Waals surface area contributed by atoms with Gasteiger partial charge in [0.05, 0.1) is 7.11 Å². The number of hydrogen-bond acceptors (Lipinski definition) is 2. The van der Waals surface area contributed by atoms with Crippen molar-refractivity contribution in [3.8, 4) is 0 Å². The average molecular weight is 155 g/mol. The molecule has 0 aliphatic carbocycles. The van der Waals surface area contributed by atoms with Crippen LogP contribution in [0.3, 0.4) is 0 Å². The van der Waals surface area contributed by atoms with Crippen molar-refractivity contribution in [3.05, 3.63) is 11.4 Å². The highest BCUT2D eigenvalue weighted by Gasteiger charge is 2.29. The third-order valence-electron chi connectivity index (χ3n) is 1.76. The Labute approximate surface area is 67.2 Å². The molecule has 0 aromatic heterocycles. The number of methoxy groups -OCH3 is 1. The molecule has 3 nitrogen and oxygen atoms in total. The van der Waals surface area contributed by atoms with Gasteiger partial charge in [0.25, 0.3) is 0 Å². The van der Waals surface area contributed by atoms with Crippen LogP contribution in [0.25, 0.3) is 4.85 Å². The van der Waals surface area contributed by atoms with E-state index in [4.69, 9.17) is 6.57 Å². The minimum Gasteiger partial charge on any atom is -0.463 e. The van der Waals surface area contributed by atoms with Crippen molar-refractivity contribution in [2.75, 3.05) is 7.11 Å². The highest BCUT2D eigenvalue weighted by molar-refractivity contribution is 5.77. The van der Waals surface area contributed by atoms with Gasteiger partial charge in [0.1, 0.15) is 0 Å². The number of carbonyl (C=O) groups excluding carboxylic acids is 1. The Bertz CT molecular complexity index is 171. The third-order valence-corrected chi connectivity index (χ3v) is 1.76. The quantitative estimate of drug-likeness (QED) is 0.456. The predicted molar refractivity (Wildman–Crippen MR) is 41.9 cm³/mol. The van der Waals surface area contributed by atoms with Crippen LogP contribution in [0.5, 0.6) is 0 Å². The second-order valence-corrected chi connectivity index (χ2v) is 2.48. The molecule has 0 bridgehead atoms. The lowest BCUT2D eigenvalue weighted by Crippen LogP contribution is -2.25. The topological polar surface area (TPSA) is 30.7 Å².